The van der Waals surface area contributed by atoms with Crippen molar-refractivity contribution >= 4 is 29.6 Å². The third-order valence-corrected chi connectivity index (χ3v) is 6.08. The van der Waals surface area contributed by atoms with Crippen LogP contribution in [0.4, 0.5) is 0 Å². The molecule has 0 radical (unpaired) electrons. The third-order valence-electron chi connectivity index (χ3n) is 4.85. The number of benzene rings is 2. The van der Waals surface area contributed by atoms with Gasteiger partial charge in [-0.3, -0.25) is 9.59 Å². The lowest BCUT2D eigenvalue weighted by Gasteiger charge is -2.31. The Morgan fingerprint density at radius 1 is 1.03 bits per heavy atom. The summed E-state index contributed by atoms with van der Waals surface area (Å²) in [6.45, 7) is 3.89. The number of thioether (sulfide) groups is 1. The molecule has 3 rings (SSSR count). The molecule has 0 bridgehead atoms. The van der Waals surface area contributed by atoms with Crippen LogP contribution in [-0.4, -0.2) is 47.8 Å². The smallest absolute Gasteiger partial charge is 0.328 e. The lowest BCUT2D eigenvalue weighted by atomic mass is 10.1. The molecule has 0 spiro atoms. The molecular weight excluding hydrogens is 430 g/mol. The Bertz CT molecular complexity index is 935. The van der Waals surface area contributed by atoms with E-state index in [2.05, 4.69) is 0 Å². The number of rotatable bonds is 10. The first-order chi connectivity index (χ1) is 15.5. The molecule has 1 saturated heterocycles. The third kappa shape index (κ3) is 6.03. The van der Waals surface area contributed by atoms with Crippen molar-refractivity contribution < 1.29 is 28.6 Å². The van der Waals surface area contributed by atoms with E-state index < -0.39 is 23.4 Å². The Kier molecular flexibility index (Phi) is 8.56. The van der Waals surface area contributed by atoms with Crippen LogP contribution in [0.5, 0.6) is 11.5 Å². The van der Waals surface area contributed by atoms with Crippen LogP contribution in [0.3, 0.4) is 0 Å². The molecule has 1 amide bonds. The van der Waals surface area contributed by atoms with Gasteiger partial charge in [0.05, 0.1) is 19.0 Å². The summed E-state index contributed by atoms with van der Waals surface area (Å²) in [5.41, 5.74) is 0.833. The zero-order valence-corrected chi connectivity index (χ0v) is 19.0. The maximum Gasteiger partial charge on any atom is 0.328 e. The van der Waals surface area contributed by atoms with Gasteiger partial charge in [-0.2, -0.15) is 0 Å². The molecule has 0 saturated carbocycles. The topological polar surface area (TPSA) is 82.1 Å². The van der Waals surface area contributed by atoms with Crippen LogP contribution in [0, 0.1) is 0 Å². The van der Waals surface area contributed by atoms with Crippen molar-refractivity contribution in [1.82, 2.24) is 4.90 Å². The molecule has 2 unspecified atom stereocenters. The summed E-state index contributed by atoms with van der Waals surface area (Å²) >= 11 is 1.43. The first-order valence-electron chi connectivity index (χ1n) is 10.6. The van der Waals surface area contributed by atoms with Crippen LogP contribution in [0.2, 0.25) is 0 Å². The number of nitrogens with zero attached hydrogens (tertiary/aromatic N) is 1. The monoisotopic (exact) mass is 457 g/mol. The molecule has 2 aromatic rings. The average molecular weight is 458 g/mol. The molecule has 1 aliphatic heterocycles. The minimum absolute atomic E-state index is 0.0235. The molecule has 0 N–H and O–H groups in total. The summed E-state index contributed by atoms with van der Waals surface area (Å²) in [6.07, 6.45) is 0.163. The van der Waals surface area contributed by atoms with Crippen molar-refractivity contribution in [3.8, 4) is 11.5 Å². The Hall–Kier alpha value is -3.00. The Morgan fingerprint density at radius 3 is 2.47 bits per heavy atom. The Morgan fingerprint density at radius 2 is 1.75 bits per heavy atom. The first-order valence-corrected chi connectivity index (χ1v) is 11.7. The second kappa shape index (κ2) is 11.6. The molecule has 1 fully saturated rings. The van der Waals surface area contributed by atoms with Gasteiger partial charge in [-0.05, 0) is 50.1 Å². The van der Waals surface area contributed by atoms with Gasteiger partial charge in [-0.1, -0.05) is 30.3 Å². The van der Waals surface area contributed by atoms with E-state index in [9.17, 15) is 14.4 Å². The molecule has 0 aliphatic carbocycles. The maximum absolute atomic E-state index is 12.8. The Balaban J connectivity index is 1.83. The molecule has 170 valence electrons. The quantitative estimate of drug-likeness (QED) is 0.491. The Labute approximate surface area is 192 Å². The number of para-hydroxylation sites is 1. The molecule has 7 nitrogen and oxygen atoms in total. The minimum Gasteiger partial charge on any atom is -0.466 e. The summed E-state index contributed by atoms with van der Waals surface area (Å²) in [5, 5.41) is -0.390. The predicted octanol–water partition coefficient (Wildman–Crippen LogP) is 4.33. The summed E-state index contributed by atoms with van der Waals surface area (Å²) in [5.74, 6) is 0.480. The van der Waals surface area contributed by atoms with Crippen molar-refractivity contribution in [3.63, 3.8) is 0 Å². The van der Waals surface area contributed by atoms with E-state index in [0.29, 0.717) is 11.5 Å². The van der Waals surface area contributed by atoms with Gasteiger partial charge < -0.3 is 19.1 Å². The van der Waals surface area contributed by atoms with E-state index in [0.717, 1.165) is 5.56 Å². The van der Waals surface area contributed by atoms with Crippen LogP contribution in [-0.2, 0) is 23.9 Å². The summed E-state index contributed by atoms with van der Waals surface area (Å²) < 4.78 is 16.1. The standard InChI is InChI=1S/C24H27NO6S/c1-3-29-22(27)14-13-20(24(28)30-4-2)25-21(26)16-32-23(25)17-9-8-12-19(15-17)31-18-10-6-5-7-11-18/h5-12,15,20,23H,3-4,13-14,16H2,1-2H3. The van der Waals surface area contributed by atoms with Gasteiger partial charge in [-0.25, -0.2) is 4.79 Å². The zero-order valence-electron chi connectivity index (χ0n) is 18.2. The highest BCUT2D eigenvalue weighted by atomic mass is 32.2. The molecule has 1 aliphatic rings. The van der Waals surface area contributed by atoms with Crippen molar-refractivity contribution in [2.24, 2.45) is 0 Å². The number of ether oxygens (including phenoxy) is 3. The minimum atomic E-state index is -0.870. The van der Waals surface area contributed by atoms with E-state index in [4.69, 9.17) is 14.2 Å². The van der Waals surface area contributed by atoms with E-state index >= 15 is 0 Å². The lowest BCUT2D eigenvalue weighted by molar-refractivity contribution is -0.155. The van der Waals surface area contributed by atoms with E-state index in [1.54, 1.807) is 13.8 Å². The zero-order chi connectivity index (χ0) is 22.9. The van der Waals surface area contributed by atoms with Crippen molar-refractivity contribution in [1.29, 1.82) is 0 Å². The van der Waals surface area contributed by atoms with Crippen molar-refractivity contribution in [2.45, 2.75) is 38.1 Å². The predicted molar refractivity (Wildman–Crippen MR) is 121 cm³/mol. The number of carbonyl (C=O) groups excluding carboxylic acids is 3. The number of hydrogen-bond donors (Lipinski definition) is 0. The van der Waals surface area contributed by atoms with Crippen molar-refractivity contribution in [3.05, 3.63) is 60.2 Å². The van der Waals surface area contributed by atoms with Gasteiger partial charge in [-0.15, -0.1) is 11.8 Å². The SMILES string of the molecule is CCOC(=O)CCC(C(=O)OCC)N1C(=O)CSC1c1cccc(Oc2ccccc2)c1. The largest absolute Gasteiger partial charge is 0.466 e. The van der Waals surface area contributed by atoms with Crippen LogP contribution in [0.15, 0.2) is 54.6 Å². The number of amides is 1. The number of hydrogen-bond acceptors (Lipinski definition) is 7. The van der Waals surface area contributed by atoms with E-state index in [-0.39, 0.29) is 37.7 Å². The van der Waals surface area contributed by atoms with Gasteiger partial charge in [0.2, 0.25) is 5.91 Å². The van der Waals surface area contributed by atoms with Crippen LogP contribution >= 0.6 is 11.8 Å². The molecule has 1 heterocycles. The second-order valence-corrected chi connectivity index (χ2v) is 8.13. The second-order valence-electron chi connectivity index (χ2n) is 7.06. The molecule has 32 heavy (non-hydrogen) atoms. The van der Waals surface area contributed by atoms with Gasteiger partial charge >= 0.3 is 11.9 Å². The normalized spacial score (nSPS) is 16.5. The maximum atomic E-state index is 12.8. The van der Waals surface area contributed by atoms with Gasteiger partial charge in [0.25, 0.3) is 0 Å². The average Bonchev–Trinajstić information content (AvgIpc) is 3.16. The molecule has 2 atom stereocenters. The van der Waals surface area contributed by atoms with E-state index in [1.807, 2.05) is 54.6 Å². The summed E-state index contributed by atoms with van der Waals surface area (Å²) in [6, 6.07) is 16.0. The van der Waals surface area contributed by atoms with Gasteiger partial charge in [0, 0.05) is 6.42 Å². The fourth-order valence-corrected chi connectivity index (χ4v) is 4.70. The highest BCUT2D eigenvalue weighted by Crippen LogP contribution is 2.42. The van der Waals surface area contributed by atoms with E-state index in [1.165, 1.54) is 16.7 Å². The lowest BCUT2D eigenvalue weighted by Crippen LogP contribution is -2.44. The summed E-state index contributed by atoms with van der Waals surface area (Å²) in [4.78, 5) is 39.0. The first kappa shape index (κ1) is 23.7. The molecular formula is C24H27NO6S. The van der Waals surface area contributed by atoms with Crippen LogP contribution in [0.1, 0.15) is 37.6 Å². The number of esters is 2. The van der Waals surface area contributed by atoms with Crippen LogP contribution < -0.4 is 4.74 Å². The van der Waals surface area contributed by atoms with Crippen LogP contribution in [0.25, 0.3) is 0 Å². The number of carbonyl (C=O) groups is 3. The fraction of sp³-hybridized carbons (Fsp3) is 0.375. The van der Waals surface area contributed by atoms with Gasteiger partial charge in [0.15, 0.2) is 0 Å². The molecule has 2 aromatic carbocycles. The van der Waals surface area contributed by atoms with Crippen molar-refractivity contribution in [2.75, 3.05) is 19.0 Å². The molecule has 0 aromatic heterocycles. The highest BCUT2D eigenvalue weighted by Gasteiger charge is 2.41. The summed E-state index contributed by atoms with van der Waals surface area (Å²) in [7, 11) is 0. The fourth-order valence-electron chi connectivity index (χ4n) is 3.48. The molecule has 8 heteroatoms. The highest BCUT2D eigenvalue weighted by molar-refractivity contribution is 8.00. The van der Waals surface area contributed by atoms with Gasteiger partial charge in [0.1, 0.15) is 22.9 Å².